The third-order valence-electron chi connectivity index (χ3n) is 5.29. The Labute approximate surface area is 164 Å². The van der Waals surface area contributed by atoms with Crippen molar-refractivity contribution in [2.75, 3.05) is 6.54 Å². The highest BCUT2D eigenvalue weighted by atomic mass is 16.4. The molecule has 2 aromatic rings. The number of likely N-dealkylation sites (tertiary alicyclic amines) is 1. The average Bonchev–Trinajstić information content (AvgIpc) is 3.03. The van der Waals surface area contributed by atoms with Crippen molar-refractivity contribution < 1.29 is 19.5 Å². The van der Waals surface area contributed by atoms with E-state index in [1.807, 2.05) is 50.2 Å². The summed E-state index contributed by atoms with van der Waals surface area (Å²) in [5.41, 5.74) is 3.36. The smallest absolute Gasteiger partial charge is 0.330 e. The second kappa shape index (κ2) is 8.25. The molecule has 1 heterocycles. The molecule has 0 bridgehead atoms. The van der Waals surface area contributed by atoms with E-state index in [1.165, 1.54) is 0 Å². The van der Waals surface area contributed by atoms with Crippen LogP contribution in [-0.2, 0) is 20.9 Å². The van der Waals surface area contributed by atoms with Crippen LogP contribution in [0, 0.1) is 19.8 Å². The fraction of sp³-hybridized carbons (Fsp3) is 0.318. The van der Waals surface area contributed by atoms with Crippen molar-refractivity contribution in [2.45, 2.75) is 32.9 Å². The summed E-state index contributed by atoms with van der Waals surface area (Å²) in [5, 5.41) is 12.3. The monoisotopic (exact) mass is 380 g/mol. The number of carbonyl (C=O) groups excluding carboxylic acids is 2. The highest BCUT2D eigenvalue weighted by Gasteiger charge is 2.36. The Morgan fingerprint density at radius 3 is 2.54 bits per heavy atom. The number of rotatable bonds is 6. The molecule has 1 fully saturated rings. The largest absolute Gasteiger partial charge is 0.479 e. The van der Waals surface area contributed by atoms with Gasteiger partial charge in [-0.15, -0.1) is 0 Å². The molecule has 0 aromatic heterocycles. The molecule has 0 spiro atoms. The molecule has 146 valence electrons. The highest BCUT2D eigenvalue weighted by Crippen LogP contribution is 2.24. The number of benzene rings is 2. The molecule has 0 radical (unpaired) electrons. The first-order chi connectivity index (χ1) is 13.4. The van der Waals surface area contributed by atoms with Gasteiger partial charge in [0.2, 0.25) is 11.8 Å². The maximum Gasteiger partial charge on any atom is 0.330 e. The predicted octanol–water partition coefficient (Wildman–Crippen LogP) is 2.59. The Hall–Kier alpha value is -3.15. The van der Waals surface area contributed by atoms with Gasteiger partial charge in [-0.25, -0.2) is 4.79 Å². The van der Waals surface area contributed by atoms with Crippen LogP contribution in [0.25, 0.3) is 0 Å². The number of aliphatic carboxylic acids is 1. The summed E-state index contributed by atoms with van der Waals surface area (Å²) in [7, 11) is 0. The molecular weight excluding hydrogens is 356 g/mol. The maximum absolute atomic E-state index is 12.7. The van der Waals surface area contributed by atoms with Gasteiger partial charge < -0.3 is 15.3 Å². The molecule has 0 saturated carbocycles. The summed E-state index contributed by atoms with van der Waals surface area (Å²) in [6.07, 6.45) is 0.0950. The van der Waals surface area contributed by atoms with Crippen LogP contribution in [-0.4, -0.2) is 34.3 Å². The number of carboxylic acid groups (broad SMARTS) is 1. The first kappa shape index (κ1) is 19.6. The molecule has 6 nitrogen and oxygen atoms in total. The van der Waals surface area contributed by atoms with E-state index in [-0.39, 0.29) is 12.3 Å². The van der Waals surface area contributed by atoms with Gasteiger partial charge >= 0.3 is 5.97 Å². The first-order valence-electron chi connectivity index (χ1n) is 9.28. The molecule has 1 aliphatic heterocycles. The van der Waals surface area contributed by atoms with Crippen LogP contribution in [0.3, 0.4) is 0 Å². The van der Waals surface area contributed by atoms with Crippen LogP contribution in [0.2, 0.25) is 0 Å². The number of amides is 2. The Balaban J connectivity index is 1.70. The van der Waals surface area contributed by atoms with E-state index < -0.39 is 23.8 Å². The number of aryl methyl sites for hydroxylation is 1. The van der Waals surface area contributed by atoms with Crippen LogP contribution in [0.5, 0.6) is 0 Å². The lowest BCUT2D eigenvalue weighted by atomic mass is 9.96. The number of hydrogen-bond acceptors (Lipinski definition) is 3. The highest BCUT2D eigenvalue weighted by molar-refractivity contribution is 5.91. The van der Waals surface area contributed by atoms with Crippen molar-refractivity contribution in [3.05, 3.63) is 70.8 Å². The summed E-state index contributed by atoms with van der Waals surface area (Å²) >= 11 is 0. The Kier molecular flexibility index (Phi) is 5.78. The average molecular weight is 380 g/mol. The fourth-order valence-electron chi connectivity index (χ4n) is 3.52. The lowest BCUT2D eigenvalue weighted by Gasteiger charge is -2.20. The topological polar surface area (TPSA) is 86.7 Å². The van der Waals surface area contributed by atoms with Crippen molar-refractivity contribution >= 4 is 17.8 Å². The van der Waals surface area contributed by atoms with Gasteiger partial charge in [0, 0.05) is 19.5 Å². The third kappa shape index (κ3) is 4.22. The number of carbonyl (C=O) groups is 3. The zero-order chi connectivity index (χ0) is 20.3. The second-order valence-corrected chi connectivity index (χ2v) is 7.23. The normalized spacial score (nSPS) is 17.4. The molecule has 2 unspecified atom stereocenters. The molecule has 0 aliphatic carbocycles. The number of nitrogens with zero attached hydrogens (tertiary/aromatic N) is 1. The minimum Gasteiger partial charge on any atom is -0.479 e. The van der Waals surface area contributed by atoms with E-state index in [4.69, 9.17) is 0 Å². The van der Waals surface area contributed by atoms with E-state index in [0.29, 0.717) is 18.7 Å². The van der Waals surface area contributed by atoms with Crippen molar-refractivity contribution in [1.29, 1.82) is 0 Å². The SMILES string of the molecule is Cc1cccc(C(NC(=O)C2CC(=O)N(Cc3ccccc3)C2)C(=O)O)c1C. The molecule has 1 saturated heterocycles. The van der Waals surface area contributed by atoms with Crippen LogP contribution >= 0.6 is 0 Å². The van der Waals surface area contributed by atoms with Crippen LogP contribution in [0.1, 0.15) is 34.7 Å². The molecule has 6 heteroatoms. The Morgan fingerprint density at radius 2 is 1.86 bits per heavy atom. The second-order valence-electron chi connectivity index (χ2n) is 7.23. The van der Waals surface area contributed by atoms with Gasteiger partial charge in [-0.1, -0.05) is 48.5 Å². The van der Waals surface area contributed by atoms with Gasteiger partial charge in [-0.3, -0.25) is 9.59 Å². The quantitative estimate of drug-likeness (QED) is 0.806. The van der Waals surface area contributed by atoms with Crippen molar-refractivity contribution in [3.8, 4) is 0 Å². The van der Waals surface area contributed by atoms with Crippen LogP contribution in [0.15, 0.2) is 48.5 Å². The zero-order valence-corrected chi connectivity index (χ0v) is 16.0. The lowest BCUT2D eigenvalue weighted by molar-refractivity contribution is -0.142. The van der Waals surface area contributed by atoms with Gasteiger partial charge in [0.1, 0.15) is 0 Å². The summed E-state index contributed by atoms with van der Waals surface area (Å²) in [5.74, 6) is -2.17. The molecule has 28 heavy (non-hydrogen) atoms. The van der Waals surface area contributed by atoms with Gasteiger partial charge in [0.15, 0.2) is 6.04 Å². The van der Waals surface area contributed by atoms with E-state index in [0.717, 1.165) is 16.7 Å². The molecule has 2 aromatic carbocycles. The Bertz CT molecular complexity index is 895. The maximum atomic E-state index is 12.7. The summed E-state index contributed by atoms with van der Waals surface area (Å²) in [6.45, 7) is 4.48. The van der Waals surface area contributed by atoms with E-state index in [2.05, 4.69) is 5.32 Å². The lowest BCUT2D eigenvalue weighted by Crippen LogP contribution is -2.39. The van der Waals surface area contributed by atoms with Crippen LogP contribution < -0.4 is 5.32 Å². The van der Waals surface area contributed by atoms with E-state index >= 15 is 0 Å². The van der Waals surface area contributed by atoms with Crippen molar-refractivity contribution in [2.24, 2.45) is 5.92 Å². The standard InChI is InChI=1S/C22H24N2O4/c1-14-7-6-10-18(15(14)2)20(22(27)28)23-21(26)17-11-19(25)24(13-17)12-16-8-4-3-5-9-16/h3-10,17,20H,11-13H2,1-2H3,(H,23,26)(H,27,28). The summed E-state index contributed by atoms with van der Waals surface area (Å²) in [4.78, 5) is 38.5. The van der Waals surface area contributed by atoms with Crippen LogP contribution in [0.4, 0.5) is 0 Å². The van der Waals surface area contributed by atoms with Gasteiger partial charge in [-0.05, 0) is 36.1 Å². The summed E-state index contributed by atoms with van der Waals surface area (Å²) < 4.78 is 0. The van der Waals surface area contributed by atoms with E-state index in [9.17, 15) is 19.5 Å². The number of nitrogens with one attached hydrogen (secondary N) is 1. The molecule has 2 atom stereocenters. The Morgan fingerprint density at radius 1 is 1.14 bits per heavy atom. The number of carboxylic acids is 1. The number of hydrogen-bond donors (Lipinski definition) is 2. The molecule has 2 amide bonds. The zero-order valence-electron chi connectivity index (χ0n) is 16.0. The minimum atomic E-state index is -1.13. The van der Waals surface area contributed by atoms with Gasteiger partial charge in [-0.2, -0.15) is 0 Å². The molecule has 2 N–H and O–H groups in total. The van der Waals surface area contributed by atoms with E-state index in [1.54, 1.807) is 17.0 Å². The van der Waals surface area contributed by atoms with Gasteiger partial charge in [0.25, 0.3) is 0 Å². The molecular formula is C22H24N2O4. The molecule has 3 rings (SSSR count). The summed E-state index contributed by atoms with van der Waals surface area (Å²) in [6, 6.07) is 13.8. The minimum absolute atomic E-state index is 0.0948. The van der Waals surface area contributed by atoms with Crippen molar-refractivity contribution in [1.82, 2.24) is 10.2 Å². The molecule has 1 aliphatic rings. The fourth-order valence-corrected chi connectivity index (χ4v) is 3.52. The van der Waals surface area contributed by atoms with Gasteiger partial charge in [0.05, 0.1) is 5.92 Å². The third-order valence-corrected chi connectivity index (χ3v) is 5.29. The van der Waals surface area contributed by atoms with Crippen molar-refractivity contribution in [3.63, 3.8) is 0 Å². The predicted molar refractivity (Wildman–Crippen MR) is 104 cm³/mol. The first-order valence-corrected chi connectivity index (χ1v) is 9.28.